The molecule has 0 atom stereocenters. The zero-order valence-electron chi connectivity index (χ0n) is 28.7. The molecule has 0 heterocycles. The van der Waals surface area contributed by atoms with E-state index in [4.69, 9.17) is 0 Å². The fourth-order valence-corrected chi connectivity index (χ4v) is 7.01. The van der Waals surface area contributed by atoms with Crippen molar-refractivity contribution >= 4 is 34.4 Å². The fraction of sp³-hybridized carbons (Fsp3) is 0.0204. The van der Waals surface area contributed by atoms with Gasteiger partial charge in [0.2, 0.25) is 0 Å². The lowest BCUT2D eigenvalue weighted by molar-refractivity contribution is 1.24. The van der Waals surface area contributed by atoms with Crippen molar-refractivity contribution in [3.8, 4) is 33.4 Å². The maximum Gasteiger partial charge on any atom is 0.0540 e. The Bertz CT molecular complexity index is 2270. The highest BCUT2D eigenvalue weighted by atomic mass is 32.2. The van der Waals surface area contributed by atoms with Gasteiger partial charge in [-0.1, -0.05) is 182 Å². The summed E-state index contributed by atoms with van der Waals surface area (Å²) in [5.74, 6) is 0. The van der Waals surface area contributed by atoms with Crippen molar-refractivity contribution in [2.24, 2.45) is 0 Å². The summed E-state index contributed by atoms with van der Waals surface area (Å²) in [5, 5.41) is 2.10. The zero-order valence-corrected chi connectivity index (χ0v) is 29.5. The first kappa shape index (κ1) is 33.4. The van der Waals surface area contributed by atoms with Crippen LogP contribution < -0.4 is 4.90 Å². The molecule has 51 heavy (non-hydrogen) atoms. The number of hydrogen-bond donors (Lipinski definition) is 0. The molecular weight excluding hydrogens is 635 g/mol. The Hall–Kier alpha value is -6.09. The number of para-hydroxylation sites is 1. The summed E-state index contributed by atoms with van der Waals surface area (Å²) in [6, 6.07) is 64.5. The first-order valence-corrected chi connectivity index (χ1v) is 18.1. The minimum absolute atomic E-state index is 0.967. The van der Waals surface area contributed by atoms with Crippen LogP contribution >= 0.6 is 11.8 Å². The highest BCUT2D eigenvalue weighted by Crippen LogP contribution is 2.43. The molecule has 7 rings (SSSR count). The number of benzene rings is 7. The molecule has 2 heteroatoms. The van der Waals surface area contributed by atoms with Crippen molar-refractivity contribution in [1.82, 2.24) is 0 Å². The van der Waals surface area contributed by atoms with Crippen molar-refractivity contribution in [3.05, 3.63) is 223 Å². The largest absolute Gasteiger partial charge is 0.310 e. The van der Waals surface area contributed by atoms with E-state index in [9.17, 15) is 0 Å². The van der Waals surface area contributed by atoms with Crippen LogP contribution in [0.25, 0.3) is 39.0 Å². The molecule has 0 spiro atoms. The van der Waals surface area contributed by atoms with Gasteiger partial charge in [0, 0.05) is 21.8 Å². The maximum atomic E-state index is 4.48. The van der Waals surface area contributed by atoms with Gasteiger partial charge in [0.25, 0.3) is 0 Å². The molecule has 7 aromatic rings. The van der Waals surface area contributed by atoms with Crippen LogP contribution in [0.5, 0.6) is 0 Å². The Morgan fingerprint density at radius 2 is 1.00 bits per heavy atom. The lowest BCUT2D eigenvalue weighted by atomic mass is 9.96. The van der Waals surface area contributed by atoms with Gasteiger partial charge in [0.05, 0.1) is 5.69 Å². The SMILES string of the molecule is C=C(/C=C\C=C/Sc1ccccc1)c1cccc(N(c2ccc(-c3ccc(-c4ccccc4)cc3)cc2)c2ccccc2-c2ccccc2)c1C. The van der Waals surface area contributed by atoms with Gasteiger partial charge in [-0.2, -0.15) is 0 Å². The van der Waals surface area contributed by atoms with Gasteiger partial charge in [-0.25, -0.2) is 0 Å². The predicted octanol–water partition coefficient (Wildman–Crippen LogP) is 14.3. The Labute approximate surface area is 306 Å². The van der Waals surface area contributed by atoms with Crippen LogP contribution in [0.15, 0.2) is 217 Å². The molecule has 0 aliphatic heterocycles. The van der Waals surface area contributed by atoms with Gasteiger partial charge < -0.3 is 4.90 Å². The predicted molar refractivity (Wildman–Crippen MR) is 222 cm³/mol. The van der Waals surface area contributed by atoms with Gasteiger partial charge in [-0.3, -0.25) is 0 Å². The van der Waals surface area contributed by atoms with E-state index in [2.05, 4.69) is 218 Å². The Morgan fingerprint density at radius 1 is 0.490 bits per heavy atom. The Kier molecular flexibility index (Phi) is 10.5. The van der Waals surface area contributed by atoms with Gasteiger partial charge in [0.1, 0.15) is 0 Å². The third-order valence-corrected chi connectivity index (χ3v) is 9.84. The van der Waals surface area contributed by atoms with E-state index in [0.717, 1.165) is 28.2 Å². The lowest BCUT2D eigenvalue weighted by Gasteiger charge is -2.30. The summed E-state index contributed by atoms with van der Waals surface area (Å²) < 4.78 is 0. The quantitative estimate of drug-likeness (QED) is 0.0993. The maximum absolute atomic E-state index is 4.48. The first-order chi connectivity index (χ1) is 25.2. The highest BCUT2D eigenvalue weighted by molar-refractivity contribution is 8.02. The van der Waals surface area contributed by atoms with Crippen LogP contribution in [0.3, 0.4) is 0 Å². The summed E-state index contributed by atoms with van der Waals surface area (Å²) >= 11 is 1.70. The molecule has 0 aliphatic carbocycles. The van der Waals surface area contributed by atoms with Crippen LogP contribution in [-0.4, -0.2) is 0 Å². The molecular formula is C49H39NS. The summed E-state index contributed by atoms with van der Waals surface area (Å²) in [7, 11) is 0. The minimum atomic E-state index is 0.967. The smallest absolute Gasteiger partial charge is 0.0540 e. The fourth-order valence-electron chi connectivity index (χ4n) is 6.36. The number of thioether (sulfide) groups is 1. The van der Waals surface area contributed by atoms with E-state index < -0.39 is 0 Å². The van der Waals surface area contributed by atoms with Gasteiger partial charge in [0.15, 0.2) is 0 Å². The van der Waals surface area contributed by atoms with Crippen molar-refractivity contribution in [2.75, 3.05) is 4.90 Å². The van der Waals surface area contributed by atoms with E-state index in [1.54, 1.807) is 11.8 Å². The Balaban J connectivity index is 1.23. The van der Waals surface area contributed by atoms with E-state index in [0.29, 0.717) is 0 Å². The van der Waals surface area contributed by atoms with Crippen molar-refractivity contribution in [2.45, 2.75) is 11.8 Å². The normalized spacial score (nSPS) is 11.2. The molecule has 0 saturated heterocycles. The van der Waals surface area contributed by atoms with Crippen molar-refractivity contribution < 1.29 is 0 Å². The van der Waals surface area contributed by atoms with Crippen molar-refractivity contribution in [1.29, 1.82) is 0 Å². The summed E-state index contributed by atoms with van der Waals surface area (Å²) in [6.07, 6.45) is 6.23. The minimum Gasteiger partial charge on any atom is -0.310 e. The molecule has 1 nitrogen and oxygen atoms in total. The van der Waals surface area contributed by atoms with Crippen LogP contribution in [-0.2, 0) is 0 Å². The molecule has 7 aromatic carbocycles. The average molecular weight is 674 g/mol. The van der Waals surface area contributed by atoms with Crippen LogP contribution in [0.4, 0.5) is 17.1 Å². The number of rotatable bonds is 11. The molecule has 0 radical (unpaired) electrons. The molecule has 0 unspecified atom stereocenters. The van der Waals surface area contributed by atoms with Gasteiger partial charge >= 0.3 is 0 Å². The lowest BCUT2D eigenvalue weighted by Crippen LogP contribution is -2.13. The summed E-state index contributed by atoms with van der Waals surface area (Å²) in [5.41, 5.74) is 13.7. The highest BCUT2D eigenvalue weighted by Gasteiger charge is 2.20. The molecule has 0 bridgehead atoms. The van der Waals surface area contributed by atoms with Crippen LogP contribution in [0.2, 0.25) is 0 Å². The first-order valence-electron chi connectivity index (χ1n) is 17.2. The van der Waals surface area contributed by atoms with Gasteiger partial charge in [-0.05, 0) is 93.2 Å². The van der Waals surface area contributed by atoms with E-state index >= 15 is 0 Å². The molecule has 0 aliphatic rings. The molecule has 0 saturated carbocycles. The molecule has 0 fully saturated rings. The molecule has 0 amide bonds. The zero-order chi connectivity index (χ0) is 34.8. The third-order valence-electron chi connectivity index (χ3n) is 9.01. The second-order valence-corrected chi connectivity index (χ2v) is 13.3. The number of hydrogen-bond acceptors (Lipinski definition) is 2. The van der Waals surface area contributed by atoms with Crippen LogP contribution in [0, 0.1) is 6.92 Å². The average Bonchev–Trinajstić information content (AvgIpc) is 3.20. The monoisotopic (exact) mass is 673 g/mol. The Morgan fingerprint density at radius 3 is 1.65 bits per heavy atom. The number of allylic oxidation sites excluding steroid dienone is 4. The van der Waals surface area contributed by atoms with Crippen molar-refractivity contribution in [3.63, 3.8) is 0 Å². The molecule has 0 N–H and O–H groups in total. The molecule has 0 aromatic heterocycles. The topological polar surface area (TPSA) is 3.24 Å². The van der Waals surface area contributed by atoms with E-state index in [-0.39, 0.29) is 0 Å². The van der Waals surface area contributed by atoms with Gasteiger partial charge in [-0.15, -0.1) is 0 Å². The van der Waals surface area contributed by atoms with Crippen LogP contribution in [0.1, 0.15) is 11.1 Å². The summed E-state index contributed by atoms with van der Waals surface area (Å²) in [6.45, 7) is 6.68. The van der Waals surface area contributed by atoms with E-state index in [1.165, 1.54) is 43.8 Å². The summed E-state index contributed by atoms with van der Waals surface area (Å²) in [4.78, 5) is 3.60. The molecule has 246 valence electrons. The number of anilines is 3. The third kappa shape index (κ3) is 7.88. The standard InChI is InChI=1S/C49H39NS/c1-37(17-14-15-36-51-45-22-10-5-11-23-45)46-25-16-27-48(38(46)2)50(49-26-13-12-24-47(49)43-20-8-4-9-21-43)44-34-32-42(33-35-44)41-30-28-40(29-31-41)39-18-6-3-7-19-39/h3-36H,1H2,2H3/b17-14-,36-15-. The number of nitrogens with zero attached hydrogens (tertiary/aromatic N) is 1. The second kappa shape index (κ2) is 16.1. The van der Waals surface area contributed by atoms with E-state index in [1.807, 2.05) is 6.07 Å². The second-order valence-electron chi connectivity index (χ2n) is 12.3.